The molecule has 0 saturated carbocycles. The zero-order valence-corrected chi connectivity index (χ0v) is 16.2. The molecule has 0 aliphatic carbocycles. The summed E-state index contributed by atoms with van der Waals surface area (Å²) in [5, 5.41) is 7.76. The van der Waals surface area contributed by atoms with Gasteiger partial charge in [0.1, 0.15) is 0 Å². The van der Waals surface area contributed by atoms with Crippen LogP contribution in [0.3, 0.4) is 0 Å². The number of carbonyl (C=O) groups excluding carboxylic acids is 1. The van der Waals surface area contributed by atoms with E-state index in [9.17, 15) is 4.79 Å². The highest BCUT2D eigenvalue weighted by Gasteiger charge is 2.13. The van der Waals surface area contributed by atoms with Crippen LogP contribution in [0, 0.1) is 6.92 Å². The fraction of sp³-hybridized carbons (Fsp3) is 0.222. The Labute approximate surface area is 162 Å². The Bertz CT molecular complexity index is 797. The van der Waals surface area contributed by atoms with Crippen LogP contribution in [0.2, 0.25) is 10.0 Å². The SMILES string of the molecule is CCOC(=O)c1cccc(NC(=S)NCc2ccc(Cl)cc2Cl)c1C. The van der Waals surface area contributed by atoms with E-state index in [1.54, 1.807) is 31.2 Å². The third kappa shape index (κ3) is 5.33. The molecule has 25 heavy (non-hydrogen) atoms. The minimum absolute atomic E-state index is 0.331. The highest BCUT2D eigenvalue weighted by atomic mass is 35.5. The van der Waals surface area contributed by atoms with Crippen molar-refractivity contribution < 1.29 is 9.53 Å². The van der Waals surface area contributed by atoms with Crippen LogP contribution in [0.15, 0.2) is 36.4 Å². The van der Waals surface area contributed by atoms with Gasteiger partial charge in [-0.15, -0.1) is 0 Å². The van der Waals surface area contributed by atoms with Crippen molar-refractivity contribution in [2.45, 2.75) is 20.4 Å². The third-order valence-electron chi connectivity index (χ3n) is 3.53. The predicted molar refractivity (Wildman–Crippen MR) is 107 cm³/mol. The Morgan fingerprint density at radius 1 is 1.24 bits per heavy atom. The van der Waals surface area contributed by atoms with Crippen LogP contribution in [-0.2, 0) is 11.3 Å². The molecule has 0 heterocycles. The molecule has 0 bridgehead atoms. The van der Waals surface area contributed by atoms with E-state index in [4.69, 9.17) is 40.2 Å². The second-order valence-electron chi connectivity index (χ2n) is 5.24. The molecule has 0 unspecified atom stereocenters. The summed E-state index contributed by atoms with van der Waals surface area (Å²) >= 11 is 17.3. The van der Waals surface area contributed by atoms with E-state index < -0.39 is 0 Å². The van der Waals surface area contributed by atoms with Crippen LogP contribution in [-0.4, -0.2) is 17.7 Å². The molecule has 0 saturated heterocycles. The lowest BCUT2D eigenvalue weighted by Crippen LogP contribution is -2.28. The molecule has 0 radical (unpaired) electrons. The lowest BCUT2D eigenvalue weighted by atomic mass is 10.1. The van der Waals surface area contributed by atoms with Gasteiger partial charge in [-0.2, -0.15) is 0 Å². The number of halogens is 2. The van der Waals surface area contributed by atoms with Crippen molar-refractivity contribution in [3.63, 3.8) is 0 Å². The molecule has 0 aliphatic heterocycles. The Balaban J connectivity index is 2.03. The van der Waals surface area contributed by atoms with Gasteiger partial charge < -0.3 is 15.4 Å². The second-order valence-corrected chi connectivity index (χ2v) is 6.49. The molecule has 2 N–H and O–H groups in total. The standard InChI is InChI=1S/C18H18Cl2N2O2S/c1-3-24-17(23)14-5-4-6-16(11(14)2)22-18(25)21-10-12-7-8-13(19)9-15(12)20/h4-9H,3,10H2,1-2H3,(H2,21,22,25). The highest BCUT2D eigenvalue weighted by molar-refractivity contribution is 7.80. The van der Waals surface area contributed by atoms with Gasteiger partial charge in [-0.25, -0.2) is 4.79 Å². The fourth-order valence-corrected chi connectivity index (χ4v) is 2.87. The Morgan fingerprint density at radius 3 is 2.68 bits per heavy atom. The van der Waals surface area contributed by atoms with E-state index in [2.05, 4.69) is 10.6 Å². The van der Waals surface area contributed by atoms with Crippen molar-refractivity contribution in [1.82, 2.24) is 5.32 Å². The number of nitrogens with one attached hydrogen (secondary N) is 2. The van der Waals surface area contributed by atoms with E-state index in [0.717, 1.165) is 16.8 Å². The maximum atomic E-state index is 12.0. The number of hydrogen-bond donors (Lipinski definition) is 2. The van der Waals surface area contributed by atoms with Crippen molar-refractivity contribution in [3.8, 4) is 0 Å². The monoisotopic (exact) mass is 396 g/mol. The van der Waals surface area contributed by atoms with Gasteiger partial charge in [0, 0.05) is 22.3 Å². The lowest BCUT2D eigenvalue weighted by Gasteiger charge is -2.15. The van der Waals surface area contributed by atoms with E-state index in [-0.39, 0.29) is 5.97 Å². The first-order valence-electron chi connectivity index (χ1n) is 7.68. The molecule has 0 fully saturated rings. The number of carbonyl (C=O) groups is 1. The number of benzene rings is 2. The number of rotatable bonds is 5. The summed E-state index contributed by atoms with van der Waals surface area (Å²) in [7, 11) is 0. The molecule has 0 spiro atoms. The number of anilines is 1. The molecule has 0 aromatic heterocycles. The van der Waals surface area contributed by atoms with Crippen molar-refractivity contribution in [2.75, 3.05) is 11.9 Å². The number of esters is 1. The van der Waals surface area contributed by atoms with Gasteiger partial charge in [-0.3, -0.25) is 0 Å². The molecule has 0 amide bonds. The molecule has 2 aromatic rings. The first kappa shape index (κ1) is 19.5. The molecule has 7 heteroatoms. The quantitative estimate of drug-likeness (QED) is 0.552. The summed E-state index contributed by atoms with van der Waals surface area (Å²) in [6, 6.07) is 10.6. The lowest BCUT2D eigenvalue weighted by molar-refractivity contribution is 0.0525. The first-order chi connectivity index (χ1) is 11.9. The summed E-state index contributed by atoms with van der Waals surface area (Å²) in [5.41, 5.74) is 2.91. The molecule has 0 atom stereocenters. The minimum Gasteiger partial charge on any atom is -0.462 e. The van der Waals surface area contributed by atoms with Crippen molar-refractivity contribution >= 4 is 52.2 Å². The number of hydrogen-bond acceptors (Lipinski definition) is 3. The average Bonchev–Trinajstić information content (AvgIpc) is 2.56. The first-order valence-corrected chi connectivity index (χ1v) is 8.84. The molecule has 4 nitrogen and oxygen atoms in total. The Morgan fingerprint density at radius 2 is 2.00 bits per heavy atom. The number of thiocarbonyl (C=S) groups is 1. The fourth-order valence-electron chi connectivity index (χ4n) is 2.21. The van der Waals surface area contributed by atoms with Crippen LogP contribution in [0.5, 0.6) is 0 Å². The van der Waals surface area contributed by atoms with Gasteiger partial charge in [-0.1, -0.05) is 35.3 Å². The number of ether oxygens (including phenoxy) is 1. The summed E-state index contributed by atoms with van der Waals surface area (Å²) in [6.07, 6.45) is 0. The predicted octanol–water partition coefficient (Wildman–Crippen LogP) is 4.97. The van der Waals surface area contributed by atoms with Crippen LogP contribution in [0.25, 0.3) is 0 Å². The third-order valence-corrected chi connectivity index (χ3v) is 4.37. The van der Waals surface area contributed by atoms with Gasteiger partial charge in [0.15, 0.2) is 5.11 Å². The van der Waals surface area contributed by atoms with Gasteiger partial charge in [-0.05, 0) is 61.5 Å². The van der Waals surface area contributed by atoms with Crippen LogP contribution < -0.4 is 10.6 Å². The van der Waals surface area contributed by atoms with Gasteiger partial charge in [0.25, 0.3) is 0 Å². The molecule has 2 aromatic carbocycles. The smallest absolute Gasteiger partial charge is 0.338 e. The van der Waals surface area contributed by atoms with E-state index >= 15 is 0 Å². The highest BCUT2D eigenvalue weighted by Crippen LogP contribution is 2.22. The maximum Gasteiger partial charge on any atom is 0.338 e. The van der Waals surface area contributed by atoms with E-state index in [1.165, 1.54) is 0 Å². The van der Waals surface area contributed by atoms with Crippen molar-refractivity contribution in [2.24, 2.45) is 0 Å². The zero-order chi connectivity index (χ0) is 18.4. The molecule has 132 valence electrons. The van der Waals surface area contributed by atoms with Crippen molar-refractivity contribution in [1.29, 1.82) is 0 Å². The molecule has 0 aliphatic rings. The molecule has 2 rings (SSSR count). The minimum atomic E-state index is -0.351. The van der Waals surface area contributed by atoms with Crippen LogP contribution in [0.1, 0.15) is 28.4 Å². The topological polar surface area (TPSA) is 50.4 Å². The normalized spacial score (nSPS) is 10.2. The summed E-state index contributed by atoms with van der Waals surface area (Å²) in [5.74, 6) is -0.351. The summed E-state index contributed by atoms with van der Waals surface area (Å²) in [6.45, 7) is 4.40. The summed E-state index contributed by atoms with van der Waals surface area (Å²) < 4.78 is 5.06. The Hall–Kier alpha value is -1.82. The van der Waals surface area contributed by atoms with Gasteiger partial charge >= 0.3 is 5.97 Å². The van der Waals surface area contributed by atoms with Crippen molar-refractivity contribution in [3.05, 3.63) is 63.1 Å². The zero-order valence-electron chi connectivity index (χ0n) is 13.9. The Kier molecular flexibility index (Phi) is 7.05. The van der Waals surface area contributed by atoms with Crippen LogP contribution in [0.4, 0.5) is 5.69 Å². The second kappa shape index (κ2) is 9.04. The molecular weight excluding hydrogens is 379 g/mol. The van der Waals surface area contributed by atoms with Gasteiger partial charge in [0.2, 0.25) is 0 Å². The maximum absolute atomic E-state index is 12.0. The van der Waals surface area contributed by atoms with Crippen LogP contribution >= 0.6 is 35.4 Å². The summed E-state index contributed by atoms with van der Waals surface area (Å²) in [4.78, 5) is 12.0. The van der Waals surface area contributed by atoms with E-state index in [0.29, 0.717) is 33.9 Å². The largest absolute Gasteiger partial charge is 0.462 e. The molecular formula is C18H18Cl2N2O2S. The van der Waals surface area contributed by atoms with E-state index in [1.807, 2.05) is 19.1 Å². The average molecular weight is 397 g/mol. The van der Waals surface area contributed by atoms with Gasteiger partial charge in [0.05, 0.1) is 12.2 Å².